The fraction of sp³-hybridized carbons (Fsp3) is 0.421. The molecule has 1 unspecified atom stereocenters. The van der Waals surface area contributed by atoms with E-state index < -0.39 is 0 Å². The van der Waals surface area contributed by atoms with Crippen molar-refractivity contribution in [3.8, 4) is 5.75 Å². The van der Waals surface area contributed by atoms with Gasteiger partial charge in [0, 0.05) is 24.2 Å². The second-order valence-corrected chi connectivity index (χ2v) is 5.89. The number of benzene rings is 1. The standard InChI is InChI=1S/C19H25NO2/c1-5-10-20-12-15(6-2)19(21)18(13-20)16-8-7-9-17(11-16)22-14(3)4/h5,7-11,13-15H,6,12H2,1-4H3/b10-5-. The van der Waals surface area contributed by atoms with Gasteiger partial charge < -0.3 is 9.64 Å². The maximum Gasteiger partial charge on any atom is 0.169 e. The third-order valence-corrected chi connectivity index (χ3v) is 3.71. The van der Waals surface area contributed by atoms with Crippen molar-refractivity contribution in [3.63, 3.8) is 0 Å². The first kappa shape index (κ1) is 16.3. The van der Waals surface area contributed by atoms with Crippen LogP contribution in [0.15, 0.2) is 42.7 Å². The lowest BCUT2D eigenvalue weighted by molar-refractivity contribution is -0.118. The van der Waals surface area contributed by atoms with Crippen LogP contribution >= 0.6 is 0 Å². The van der Waals surface area contributed by atoms with Crippen LogP contribution in [0, 0.1) is 5.92 Å². The van der Waals surface area contributed by atoms with E-state index in [0.717, 1.165) is 29.9 Å². The Morgan fingerprint density at radius 3 is 2.82 bits per heavy atom. The van der Waals surface area contributed by atoms with Gasteiger partial charge in [-0.2, -0.15) is 0 Å². The number of nitrogens with zero attached hydrogens (tertiary/aromatic N) is 1. The lowest BCUT2D eigenvalue weighted by Gasteiger charge is -2.29. The number of Topliss-reactive ketones (excluding diaryl/α,β-unsaturated/α-hetero) is 1. The second kappa shape index (κ2) is 7.30. The zero-order valence-electron chi connectivity index (χ0n) is 13.9. The summed E-state index contributed by atoms with van der Waals surface area (Å²) in [4.78, 5) is 14.8. The van der Waals surface area contributed by atoms with Crippen LogP contribution < -0.4 is 4.74 Å². The minimum Gasteiger partial charge on any atom is -0.491 e. The molecule has 1 atom stereocenters. The van der Waals surface area contributed by atoms with E-state index in [4.69, 9.17) is 4.74 Å². The molecule has 1 aromatic carbocycles. The highest BCUT2D eigenvalue weighted by molar-refractivity contribution is 6.22. The van der Waals surface area contributed by atoms with Crippen molar-refractivity contribution in [2.75, 3.05) is 6.54 Å². The Hall–Kier alpha value is -2.03. The van der Waals surface area contributed by atoms with Crippen LogP contribution in [0.1, 0.15) is 39.7 Å². The molecule has 0 bridgehead atoms. The Labute approximate surface area is 133 Å². The molecule has 0 spiro atoms. The molecular formula is C19H25NO2. The zero-order chi connectivity index (χ0) is 16.1. The van der Waals surface area contributed by atoms with E-state index in [1.165, 1.54) is 0 Å². The molecule has 0 radical (unpaired) electrons. The zero-order valence-corrected chi connectivity index (χ0v) is 13.9. The summed E-state index contributed by atoms with van der Waals surface area (Å²) in [6.07, 6.45) is 6.93. The van der Waals surface area contributed by atoms with Crippen molar-refractivity contribution in [1.82, 2.24) is 4.90 Å². The van der Waals surface area contributed by atoms with Gasteiger partial charge >= 0.3 is 0 Å². The van der Waals surface area contributed by atoms with E-state index >= 15 is 0 Å². The summed E-state index contributed by atoms with van der Waals surface area (Å²) in [5.41, 5.74) is 1.70. The molecule has 0 amide bonds. The van der Waals surface area contributed by atoms with E-state index in [1.807, 2.05) is 63.5 Å². The molecule has 0 saturated heterocycles. The summed E-state index contributed by atoms with van der Waals surface area (Å²) in [6.45, 7) is 8.81. The molecule has 3 nitrogen and oxygen atoms in total. The molecule has 3 heteroatoms. The number of hydrogen-bond donors (Lipinski definition) is 0. The van der Waals surface area contributed by atoms with Crippen molar-refractivity contribution < 1.29 is 9.53 Å². The average molecular weight is 299 g/mol. The third kappa shape index (κ3) is 3.79. The third-order valence-electron chi connectivity index (χ3n) is 3.71. The van der Waals surface area contributed by atoms with Gasteiger partial charge in [0.25, 0.3) is 0 Å². The Morgan fingerprint density at radius 2 is 2.18 bits per heavy atom. The molecular weight excluding hydrogens is 274 g/mol. The van der Waals surface area contributed by atoms with E-state index in [1.54, 1.807) is 0 Å². The molecule has 0 aliphatic carbocycles. The predicted molar refractivity (Wildman–Crippen MR) is 90.5 cm³/mol. The molecule has 0 N–H and O–H groups in total. The van der Waals surface area contributed by atoms with E-state index in [9.17, 15) is 4.79 Å². The number of allylic oxidation sites excluding steroid dienone is 2. The number of carbonyl (C=O) groups is 1. The van der Waals surface area contributed by atoms with E-state index in [2.05, 4.69) is 11.8 Å². The first-order valence-electron chi connectivity index (χ1n) is 7.96. The Balaban J connectivity index is 2.37. The molecule has 1 aliphatic heterocycles. The van der Waals surface area contributed by atoms with Crippen LogP contribution in [-0.2, 0) is 4.79 Å². The number of carbonyl (C=O) groups excluding carboxylic acids is 1. The number of ketones is 1. The van der Waals surface area contributed by atoms with Crippen molar-refractivity contribution >= 4 is 11.4 Å². The van der Waals surface area contributed by atoms with Gasteiger partial charge in [-0.15, -0.1) is 0 Å². The minimum atomic E-state index is 0.0471. The summed E-state index contributed by atoms with van der Waals surface area (Å²) in [5, 5.41) is 0. The molecule has 0 fully saturated rings. The molecule has 1 heterocycles. The summed E-state index contributed by atoms with van der Waals surface area (Å²) in [5.74, 6) is 1.08. The van der Waals surface area contributed by atoms with Gasteiger partial charge in [-0.05, 0) is 51.1 Å². The molecule has 0 saturated carbocycles. The summed E-state index contributed by atoms with van der Waals surface area (Å²) in [7, 11) is 0. The first-order valence-corrected chi connectivity index (χ1v) is 7.96. The maximum atomic E-state index is 12.7. The van der Waals surface area contributed by atoms with Gasteiger partial charge in [0.05, 0.1) is 6.10 Å². The highest BCUT2D eigenvalue weighted by Gasteiger charge is 2.27. The number of hydrogen-bond acceptors (Lipinski definition) is 3. The lowest BCUT2D eigenvalue weighted by atomic mass is 9.88. The monoisotopic (exact) mass is 299 g/mol. The maximum absolute atomic E-state index is 12.7. The van der Waals surface area contributed by atoms with Crippen molar-refractivity contribution in [2.24, 2.45) is 5.92 Å². The SMILES string of the molecule is C/C=C\N1C=C(c2cccc(OC(C)C)c2)C(=O)C(CC)C1. The van der Waals surface area contributed by atoms with Crippen molar-refractivity contribution in [2.45, 2.75) is 40.2 Å². The fourth-order valence-corrected chi connectivity index (χ4v) is 2.68. The summed E-state index contributed by atoms with van der Waals surface area (Å²) in [6, 6.07) is 7.80. The normalized spacial score (nSPS) is 19.0. The summed E-state index contributed by atoms with van der Waals surface area (Å²) >= 11 is 0. The van der Waals surface area contributed by atoms with Gasteiger partial charge in [0.1, 0.15) is 5.75 Å². The van der Waals surface area contributed by atoms with Gasteiger partial charge in [-0.25, -0.2) is 0 Å². The topological polar surface area (TPSA) is 29.5 Å². The Bertz CT molecular complexity index is 587. The smallest absolute Gasteiger partial charge is 0.169 e. The molecule has 1 aromatic rings. The molecule has 0 aromatic heterocycles. The van der Waals surface area contributed by atoms with Crippen LogP contribution in [-0.4, -0.2) is 23.3 Å². The highest BCUT2D eigenvalue weighted by atomic mass is 16.5. The predicted octanol–water partition coefficient (Wildman–Crippen LogP) is 4.26. The van der Waals surface area contributed by atoms with Gasteiger partial charge in [0.15, 0.2) is 5.78 Å². The van der Waals surface area contributed by atoms with Crippen molar-refractivity contribution in [3.05, 3.63) is 48.3 Å². The average Bonchev–Trinajstić information content (AvgIpc) is 2.48. The lowest BCUT2D eigenvalue weighted by Crippen LogP contribution is -2.32. The Kier molecular flexibility index (Phi) is 5.42. The van der Waals surface area contributed by atoms with Crippen molar-refractivity contribution in [1.29, 1.82) is 0 Å². The van der Waals surface area contributed by atoms with Gasteiger partial charge in [-0.1, -0.05) is 25.1 Å². The number of ether oxygens (including phenoxy) is 1. The number of rotatable bonds is 5. The van der Waals surface area contributed by atoms with E-state index in [0.29, 0.717) is 0 Å². The second-order valence-electron chi connectivity index (χ2n) is 5.89. The van der Waals surface area contributed by atoms with E-state index in [-0.39, 0.29) is 17.8 Å². The largest absolute Gasteiger partial charge is 0.491 e. The van der Waals surface area contributed by atoms with Crippen LogP contribution in [0.25, 0.3) is 5.57 Å². The fourth-order valence-electron chi connectivity index (χ4n) is 2.68. The first-order chi connectivity index (χ1) is 10.5. The molecule has 2 rings (SSSR count). The molecule has 22 heavy (non-hydrogen) atoms. The summed E-state index contributed by atoms with van der Waals surface area (Å²) < 4.78 is 5.74. The molecule has 1 aliphatic rings. The van der Waals surface area contributed by atoms with Gasteiger partial charge in [-0.3, -0.25) is 4.79 Å². The van der Waals surface area contributed by atoms with Crippen LogP contribution in [0.5, 0.6) is 5.75 Å². The van der Waals surface area contributed by atoms with Crippen LogP contribution in [0.2, 0.25) is 0 Å². The van der Waals surface area contributed by atoms with Gasteiger partial charge in [0.2, 0.25) is 0 Å². The van der Waals surface area contributed by atoms with Crippen LogP contribution in [0.3, 0.4) is 0 Å². The highest BCUT2D eigenvalue weighted by Crippen LogP contribution is 2.29. The minimum absolute atomic E-state index is 0.0471. The van der Waals surface area contributed by atoms with Crippen LogP contribution in [0.4, 0.5) is 0 Å². The molecule has 118 valence electrons. The quantitative estimate of drug-likeness (QED) is 0.813. The Morgan fingerprint density at radius 1 is 1.41 bits per heavy atom.